The lowest BCUT2D eigenvalue weighted by molar-refractivity contribution is -0.139. The van der Waals surface area contributed by atoms with E-state index in [0.717, 1.165) is 12.8 Å². The first-order chi connectivity index (χ1) is 13.6. The van der Waals surface area contributed by atoms with Gasteiger partial charge in [-0.25, -0.2) is 4.79 Å². The predicted octanol–water partition coefficient (Wildman–Crippen LogP) is 4.51. The van der Waals surface area contributed by atoms with E-state index >= 15 is 0 Å². The van der Waals surface area contributed by atoms with Gasteiger partial charge in [-0.15, -0.1) is 0 Å². The molecule has 1 aliphatic carbocycles. The molecule has 2 aromatic rings. The quantitative estimate of drug-likeness (QED) is 0.849. The van der Waals surface area contributed by atoms with Crippen molar-refractivity contribution in [3.63, 3.8) is 0 Å². The number of benzene rings is 2. The fourth-order valence-corrected chi connectivity index (χ4v) is 4.65. The van der Waals surface area contributed by atoms with E-state index in [1.807, 2.05) is 31.2 Å². The first-order valence-electron chi connectivity index (χ1n) is 9.89. The second-order valence-corrected chi connectivity index (χ2v) is 7.74. The van der Waals surface area contributed by atoms with Crippen molar-refractivity contribution in [3.05, 3.63) is 59.7 Å². The van der Waals surface area contributed by atoms with Crippen molar-refractivity contribution in [2.75, 3.05) is 13.2 Å². The van der Waals surface area contributed by atoms with E-state index in [2.05, 4.69) is 24.3 Å². The summed E-state index contributed by atoms with van der Waals surface area (Å²) < 4.78 is 5.74. The van der Waals surface area contributed by atoms with Crippen LogP contribution in [0.5, 0.6) is 0 Å². The van der Waals surface area contributed by atoms with Gasteiger partial charge in [0, 0.05) is 18.5 Å². The van der Waals surface area contributed by atoms with Crippen LogP contribution in [0, 0.1) is 5.92 Å². The molecule has 1 heterocycles. The van der Waals surface area contributed by atoms with E-state index in [1.54, 1.807) is 4.90 Å². The number of hydrogen-bond donors (Lipinski definition) is 1. The van der Waals surface area contributed by atoms with Gasteiger partial charge in [0.2, 0.25) is 0 Å². The summed E-state index contributed by atoms with van der Waals surface area (Å²) in [5.41, 5.74) is 4.78. The van der Waals surface area contributed by atoms with Crippen LogP contribution in [0.3, 0.4) is 0 Å². The molecule has 0 bridgehead atoms. The summed E-state index contributed by atoms with van der Waals surface area (Å²) >= 11 is 0. The molecule has 5 nitrogen and oxygen atoms in total. The van der Waals surface area contributed by atoms with Crippen molar-refractivity contribution in [1.29, 1.82) is 0 Å². The summed E-state index contributed by atoms with van der Waals surface area (Å²) in [6.45, 7) is 2.84. The lowest BCUT2D eigenvalue weighted by Crippen LogP contribution is -2.47. The number of aliphatic carboxylic acids is 1. The molecule has 146 valence electrons. The number of carbonyl (C=O) groups is 2. The Labute approximate surface area is 164 Å². The number of nitrogens with zero attached hydrogens (tertiary/aromatic N) is 1. The number of carbonyl (C=O) groups excluding carboxylic acids is 1. The van der Waals surface area contributed by atoms with Crippen LogP contribution in [0.1, 0.15) is 43.2 Å². The first kappa shape index (κ1) is 18.5. The van der Waals surface area contributed by atoms with E-state index in [-0.39, 0.29) is 30.4 Å². The molecule has 0 saturated carbocycles. The van der Waals surface area contributed by atoms with Gasteiger partial charge < -0.3 is 14.7 Å². The third-order valence-electron chi connectivity index (χ3n) is 6.16. The molecule has 2 aliphatic rings. The smallest absolute Gasteiger partial charge is 0.410 e. The van der Waals surface area contributed by atoms with Gasteiger partial charge >= 0.3 is 12.1 Å². The molecule has 1 amide bonds. The lowest BCUT2D eigenvalue weighted by atomic mass is 9.88. The number of piperidine rings is 1. The minimum absolute atomic E-state index is 0.0215. The monoisotopic (exact) mass is 379 g/mol. The number of ether oxygens (including phenoxy) is 1. The van der Waals surface area contributed by atoms with E-state index in [0.29, 0.717) is 13.2 Å². The number of likely N-dealkylation sites (tertiary alicyclic amines) is 1. The first-order valence-corrected chi connectivity index (χ1v) is 9.89. The Morgan fingerprint density at radius 2 is 1.68 bits per heavy atom. The fraction of sp³-hybridized carbons (Fsp3) is 0.391. The molecule has 2 aromatic carbocycles. The normalized spacial score (nSPS) is 21.1. The molecule has 2 atom stereocenters. The largest absolute Gasteiger partial charge is 0.481 e. The second-order valence-electron chi connectivity index (χ2n) is 7.74. The van der Waals surface area contributed by atoms with E-state index in [4.69, 9.17) is 9.84 Å². The van der Waals surface area contributed by atoms with Crippen molar-refractivity contribution in [2.24, 2.45) is 5.92 Å². The standard InChI is InChI=1S/C23H25NO4/c1-15-16(13-22(25)26)7-6-12-24(15)23(27)28-14-21-19-10-4-2-8-17(19)18-9-3-5-11-20(18)21/h2-5,8-11,15-16,21H,6-7,12-14H2,1H3,(H,25,26). The summed E-state index contributed by atoms with van der Waals surface area (Å²) in [7, 11) is 0. The molecule has 28 heavy (non-hydrogen) atoms. The van der Waals surface area contributed by atoms with E-state index < -0.39 is 5.97 Å². The topological polar surface area (TPSA) is 66.8 Å². The van der Waals surface area contributed by atoms with E-state index in [9.17, 15) is 9.59 Å². The minimum atomic E-state index is -0.814. The zero-order valence-corrected chi connectivity index (χ0v) is 16.0. The Kier molecular flexibility index (Phi) is 5.07. The van der Waals surface area contributed by atoms with Gasteiger partial charge in [0.05, 0.1) is 6.42 Å². The Bertz CT molecular complexity index is 848. The van der Waals surface area contributed by atoms with Crippen LogP contribution in [0.4, 0.5) is 4.79 Å². The van der Waals surface area contributed by atoms with Crippen LogP contribution in [-0.2, 0) is 9.53 Å². The second kappa shape index (κ2) is 7.66. The maximum atomic E-state index is 12.8. The molecule has 0 radical (unpaired) electrons. The predicted molar refractivity (Wildman–Crippen MR) is 106 cm³/mol. The molecular weight excluding hydrogens is 354 g/mol. The molecule has 1 saturated heterocycles. The molecule has 0 spiro atoms. The molecule has 2 unspecified atom stereocenters. The molecule has 0 aromatic heterocycles. The third kappa shape index (κ3) is 3.37. The van der Waals surface area contributed by atoms with Crippen molar-refractivity contribution in [1.82, 2.24) is 4.90 Å². The van der Waals surface area contributed by atoms with Gasteiger partial charge in [0.1, 0.15) is 6.61 Å². The summed E-state index contributed by atoms with van der Waals surface area (Å²) in [6.07, 6.45) is 1.39. The highest BCUT2D eigenvalue weighted by molar-refractivity contribution is 5.79. The van der Waals surface area contributed by atoms with E-state index in [1.165, 1.54) is 22.3 Å². The average molecular weight is 379 g/mol. The van der Waals surface area contributed by atoms with Gasteiger partial charge in [-0.2, -0.15) is 0 Å². The highest BCUT2D eigenvalue weighted by Crippen LogP contribution is 2.44. The highest BCUT2D eigenvalue weighted by Gasteiger charge is 2.34. The van der Waals surface area contributed by atoms with Crippen LogP contribution < -0.4 is 0 Å². The summed E-state index contributed by atoms with van der Waals surface area (Å²) in [5, 5.41) is 9.11. The summed E-state index contributed by atoms with van der Waals surface area (Å²) in [4.78, 5) is 25.6. The molecule has 1 aliphatic heterocycles. The van der Waals surface area contributed by atoms with Crippen LogP contribution in [0.15, 0.2) is 48.5 Å². The zero-order valence-electron chi connectivity index (χ0n) is 16.0. The number of carboxylic acids is 1. The van der Waals surface area contributed by atoms with Crippen LogP contribution in [0.2, 0.25) is 0 Å². The van der Waals surface area contributed by atoms with Crippen molar-refractivity contribution < 1.29 is 19.4 Å². The van der Waals surface area contributed by atoms with Crippen LogP contribution in [-0.4, -0.2) is 41.3 Å². The zero-order chi connectivity index (χ0) is 19.7. The van der Waals surface area contributed by atoms with Crippen molar-refractivity contribution in [2.45, 2.75) is 38.1 Å². The maximum Gasteiger partial charge on any atom is 0.410 e. The summed E-state index contributed by atoms with van der Waals surface area (Å²) in [6, 6.07) is 16.4. The molecule has 4 rings (SSSR count). The SMILES string of the molecule is CC1C(CC(=O)O)CCCN1C(=O)OCC1c2ccccc2-c2ccccc21. The fourth-order valence-electron chi connectivity index (χ4n) is 4.65. The lowest BCUT2D eigenvalue weighted by Gasteiger charge is -2.38. The molecule has 1 N–H and O–H groups in total. The molecular formula is C23H25NO4. The number of rotatable bonds is 4. The molecule has 1 fully saturated rings. The number of carboxylic acid groups (broad SMARTS) is 1. The van der Waals surface area contributed by atoms with Crippen LogP contribution in [0.25, 0.3) is 11.1 Å². The summed E-state index contributed by atoms with van der Waals surface area (Å²) in [5.74, 6) is -0.802. The van der Waals surface area contributed by atoms with Gasteiger partial charge in [-0.05, 0) is 47.9 Å². The van der Waals surface area contributed by atoms with Crippen molar-refractivity contribution >= 4 is 12.1 Å². The van der Waals surface area contributed by atoms with Crippen molar-refractivity contribution in [3.8, 4) is 11.1 Å². The average Bonchev–Trinajstić information content (AvgIpc) is 3.01. The highest BCUT2D eigenvalue weighted by atomic mass is 16.6. The maximum absolute atomic E-state index is 12.8. The minimum Gasteiger partial charge on any atom is -0.481 e. The number of amides is 1. The van der Waals surface area contributed by atoms with Gasteiger partial charge in [-0.3, -0.25) is 4.79 Å². The van der Waals surface area contributed by atoms with Gasteiger partial charge in [0.15, 0.2) is 0 Å². The Balaban J connectivity index is 1.47. The van der Waals surface area contributed by atoms with Gasteiger partial charge in [0.25, 0.3) is 0 Å². The van der Waals surface area contributed by atoms with Gasteiger partial charge in [-0.1, -0.05) is 48.5 Å². The Morgan fingerprint density at radius 1 is 1.07 bits per heavy atom. The Morgan fingerprint density at radius 3 is 2.29 bits per heavy atom. The number of hydrogen-bond acceptors (Lipinski definition) is 3. The number of fused-ring (bicyclic) bond motifs is 3. The molecule has 5 heteroatoms. The third-order valence-corrected chi connectivity index (χ3v) is 6.16. The Hall–Kier alpha value is -2.82. The van der Waals surface area contributed by atoms with Crippen LogP contribution >= 0.6 is 0 Å².